The third-order valence-corrected chi connectivity index (χ3v) is 6.40. The maximum Gasteiger partial charge on any atom is 0.240 e. The number of hydrogen-bond donors (Lipinski definition) is 2. The number of nitrogens with zero attached hydrogens (tertiary/aromatic N) is 1. The van der Waals surface area contributed by atoms with Crippen LogP contribution in [0.5, 0.6) is 0 Å². The minimum Gasteiger partial charge on any atom is -0.338 e. The second kappa shape index (κ2) is 7.56. The molecule has 1 heterocycles. The normalized spacial score (nSPS) is 11.8. The van der Waals surface area contributed by atoms with E-state index in [1.54, 1.807) is 30.3 Å². The molecule has 28 heavy (non-hydrogen) atoms. The SMILES string of the molecule is O=S(=O)(NCc1ccc(Cl)c(Cl)c1)c1ccc2nc(-c3ccccc3)[nH]c2c1. The Morgan fingerprint density at radius 3 is 2.46 bits per heavy atom. The highest BCUT2D eigenvalue weighted by atomic mass is 35.5. The Hall–Kier alpha value is -2.38. The van der Waals surface area contributed by atoms with Crippen LogP contribution in [0.1, 0.15) is 5.56 Å². The van der Waals surface area contributed by atoms with E-state index < -0.39 is 10.0 Å². The second-order valence-corrected chi connectivity index (χ2v) is 8.78. The van der Waals surface area contributed by atoms with Gasteiger partial charge in [0.15, 0.2) is 0 Å². The first kappa shape index (κ1) is 19.0. The topological polar surface area (TPSA) is 74.8 Å². The first-order chi connectivity index (χ1) is 13.4. The smallest absolute Gasteiger partial charge is 0.240 e. The van der Waals surface area contributed by atoms with Crippen molar-refractivity contribution in [2.24, 2.45) is 0 Å². The Kier molecular flexibility index (Phi) is 5.12. The van der Waals surface area contributed by atoms with Gasteiger partial charge in [-0.05, 0) is 35.9 Å². The zero-order valence-electron chi connectivity index (χ0n) is 14.5. The van der Waals surface area contributed by atoms with Crippen molar-refractivity contribution >= 4 is 44.3 Å². The van der Waals surface area contributed by atoms with Gasteiger partial charge in [-0.15, -0.1) is 0 Å². The van der Waals surface area contributed by atoms with E-state index >= 15 is 0 Å². The number of aromatic nitrogens is 2. The van der Waals surface area contributed by atoms with Crippen LogP contribution in [-0.4, -0.2) is 18.4 Å². The summed E-state index contributed by atoms with van der Waals surface area (Å²) >= 11 is 11.9. The van der Waals surface area contributed by atoms with Crippen LogP contribution in [-0.2, 0) is 16.6 Å². The van der Waals surface area contributed by atoms with E-state index in [1.165, 1.54) is 6.07 Å². The number of rotatable bonds is 5. The van der Waals surface area contributed by atoms with Crippen LogP contribution < -0.4 is 4.72 Å². The summed E-state index contributed by atoms with van der Waals surface area (Å²) in [7, 11) is -3.70. The number of aromatic amines is 1. The third kappa shape index (κ3) is 3.91. The summed E-state index contributed by atoms with van der Waals surface area (Å²) in [6, 6.07) is 19.4. The molecule has 3 aromatic carbocycles. The van der Waals surface area contributed by atoms with Crippen LogP contribution in [0.2, 0.25) is 10.0 Å². The average Bonchev–Trinajstić information content (AvgIpc) is 3.13. The lowest BCUT2D eigenvalue weighted by Gasteiger charge is -2.08. The number of fused-ring (bicyclic) bond motifs is 1. The summed E-state index contributed by atoms with van der Waals surface area (Å²) in [6.45, 7) is 0.107. The molecule has 0 fully saturated rings. The maximum absolute atomic E-state index is 12.7. The van der Waals surface area contributed by atoms with E-state index in [4.69, 9.17) is 23.2 Å². The van der Waals surface area contributed by atoms with Crippen molar-refractivity contribution in [1.29, 1.82) is 0 Å². The van der Waals surface area contributed by atoms with E-state index in [9.17, 15) is 8.42 Å². The number of halogens is 2. The Balaban J connectivity index is 1.59. The number of nitrogens with one attached hydrogen (secondary N) is 2. The molecular formula is C20H15Cl2N3O2S. The van der Waals surface area contributed by atoms with Crippen molar-refractivity contribution in [1.82, 2.24) is 14.7 Å². The molecular weight excluding hydrogens is 417 g/mol. The predicted molar refractivity (Wildman–Crippen MR) is 112 cm³/mol. The van der Waals surface area contributed by atoms with E-state index in [0.717, 1.165) is 5.56 Å². The monoisotopic (exact) mass is 431 g/mol. The second-order valence-electron chi connectivity index (χ2n) is 6.20. The molecule has 2 N–H and O–H groups in total. The summed E-state index contributed by atoms with van der Waals surface area (Å²) in [5, 5.41) is 0.804. The molecule has 0 aliphatic heterocycles. The molecule has 0 amide bonds. The maximum atomic E-state index is 12.7. The molecule has 0 radical (unpaired) electrons. The number of benzene rings is 3. The van der Waals surface area contributed by atoms with Crippen molar-refractivity contribution in [3.8, 4) is 11.4 Å². The summed E-state index contributed by atoms with van der Waals surface area (Å²) in [5.41, 5.74) is 2.99. The lowest BCUT2D eigenvalue weighted by Crippen LogP contribution is -2.23. The lowest BCUT2D eigenvalue weighted by atomic mass is 10.2. The fraction of sp³-hybridized carbons (Fsp3) is 0.0500. The summed E-state index contributed by atoms with van der Waals surface area (Å²) in [6.07, 6.45) is 0. The lowest BCUT2D eigenvalue weighted by molar-refractivity contribution is 0.581. The van der Waals surface area contributed by atoms with Crippen LogP contribution in [0, 0.1) is 0 Å². The Morgan fingerprint density at radius 2 is 1.71 bits per heavy atom. The molecule has 8 heteroatoms. The van der Waals surface area contributed by atoms with Gasteiger partial charge in [0.25, 0.3) is 0 Å². The molecule has 4 aromatic rings. The first-order valence-corrected chi connectivity index (χ1v) is 10.6. The first-order valence-electron chi connectivity index (χ1n) is 8.41. The van der Waals surface area contributed by atoms with Crippen LogP contribution in [0.15, 0.2) is 71.6 Å². The van der Waals surface area contributed by atoms with E-state index in [2.05, 4.69) is 14.7 Å². The molecule has 0 spiro atoms. The van der Waals surface area contributed by atoms with Gasteiger partial charge in [0, 0.05) is 12.1 Å². The van der Waals surface area contributed by atoms with Crippen LogP contribution in [0.3, 0.4) is 0 Å². The quantitative estimate of drug-likeness (QED) is 0.465. The molecule has 0 aliphatic carbocycles. The van der Waals surface area contributed by atoms with Gasteiger partial charge in [-0.3, -0.25) is 0 Å². The zero-order chi connectivity index (χ0) is 19.7. The van der Waals surface area contributed by atoms with Crippen LogP contribution >= 0.6 is 23.2 Å². The number of imidazole rings is 1. The van der Waals surface area contributed by atoms with Gasteiger partial charge >= 0.3 is 0 Å². The molecule has 4 rings (SSSR count). The summed E-state index contributed by atoms with van der Waals surface area (Å²) < 4.78 is 27.9. The van der Waals surface area contributed by atoms with E-state index in [0.29, 0.717) is 32.5 Å². The van der Waals surface area contributed by atoms with E-state index in [1.807, 2.05) is 30.3 Å². The highest BCUT2D eigenvalue weighted by Gasteiger charge is 2.16. The van der Waals surface area contributed by atoms with Crippen LogP contribution in [0.4, 0.5) is 0 Å². The van der Waals surface area contributed by atoms with Crippen LogP contribution in [0.25, 0.3) is 22.4 Å². The molecule has 0 saturated heterocycles. The van der Waals surface area contributed by atoms with E-state index in [-0.39, 0.29) is 11.4 Å². The van der Waals surface area contributed by atoms with Gasteiger partial charge in [0.1, 0.15) is 5.82 Å². The Labute approximate surface area is 172 Å². The molecule has 0 unspecified atom stereocenters. The highest BCUT2D eigenvalue weighted by Crippen LogP contribution is 2.24. The Morgan fingerprint density at radius 1 is 0.929 bits per heavy atom. The third-order valence-electron chi connectivity index (χ3n) is 4.26. The van der Waals surface area contributed by atoms with Gasteiger partial charge in [0.2, 0.25) is 10.0 Å². The fourth-order valence-corrected chi connectivity index (χ4v) is 4.16. The van der Waals surface area contributed by atoms with Crippen molar-refractivity contribution in [2.75, 3.05) is 0 Å². The zero-order valence-corrected chi connectivity index (χ0v) is 16.8. The number of sulfonamides is 1. The van der Waals surface area contributed by atoms with Crippen molar-refractivity contribution in [2.45, 2.75) is 11.4 Å². The molecule has 0 atom stereocenters. The molecule has 0 aliphatic rings. The van der Waals surface area contributed by atoms with Gasteiger partial charge in [-0.25, -0.2) is 18.1 Å². The minimum atomic E-state index is -3.70. The largest absolute Gasteiger partial charge is 0.338 e. The molecule has 1 aromatic heterocycles. The molecule has 0 saturated carbocycles. The van der Waals surface area contributed by atoms with Crippen molar-refractivity contribution in [3.63, 3.8) is 0 Å². The average molecular weight is 432 g/mol. The number of hydrogen-bond acceptors (Lipinski definition) is 3. The fourth-order valence-electron chi connectivity index (χ4n) is 2.80. The predicted octanol–water partition coefficient (Wildman–Crippen LogP) is 5.02. The molecule has 5 nitrogen and oxygen atoms in total. The molecule has 0 bridgehead atoms. The van der Waals surface area contributed by atoms with Gasteiger partial charge in [0.05, 0.1) is 26.0 Å². The minimum absolute atomic E-state index is 0.107. The highest BCUT2D eigenvalue weighted by molar-refractivity contribution is 7.89. The summed E-state index contributed by atoms with van der Waals surface area (Å²) in [4.78, 5) is 7.85. The number of H-pyrrole nitrogens is 1. The summed E-state index contributed by atoms with van der Waals surface area (Å²) in [5.74, 6) is 0.689. The van der Waals surface area contributed by atoms with Crippen molar-refractivity contribution < 1.29 is 8.42 Å². The standard InChI is InChI=1S/C20H15Cl2N3O2S/c21-16-8-6-13(10-17(16)22)12-23-28(26,27)15-7-9-18-19(11-15)25-20(24-18)14-4-2-1-3-5-14/h1-11,23H,12H2,(H,24,25). The Bertz CT molecular complexity index is 1260. The van der Waals surface area contributed by atoms with Crippen molar-refractivity contribution in [3.05, 3.63) is 82.3 Å². The van der Waals surface area contributed by atoms with Gasteiger partial charge in [-0.1, -0.05) is 59.6 Å². The molecule has 142 valence electrons. The van der Waals surface area contributed by atoms with Gasteiger partial charge < -0.3 is 4.98 Å². The van der Waals surface area contributed by atoms with Gasteiger partial charge in [-0.2, -0.15) is 0 Å².